The van der Waals surface area contributed by atoms with E-state index in [0.29, 0.717) is 18.0 Å². The second-order valence-electron chi connectivity index (χ2n) is 6.60. The summed E-state index contributed by atoms with van der Waals surface area (Å²) in [5.41, 5.74) is -0.399. The van der Waals surface area contributed by atoms with Crippen LogP contribution in [-0.4, -0.2) is 38.0 Å². The van der Waals surface area contributed by atoms with Gasteiger partial charge in [0.25, 0.3) is 5.56 Å². The molecule has 2 N–H and O–H groups in total. The van der Waals surface area contributed by atoms with Gasteiger partial charge in [0.1, 0.15) is 6.54 Å². The Morgan fingerprint density at radius 1 is 1.24 bits per heavy atom. The molecule has 8 heteroatoms. The van der Waals surface area contributed by atoms with Crippen LogP contribution in [0, 0.1) is 0 Å². The van der Waals surface area contributed by atoms with Crippen LogP contribution in [-0.2, 0) is 18.4 Å². The quantitative estimate of drug-likeness (QED) is 0.688. The number of ketones is 1. The zero-order chi connectivity index (χ0) is 18.7. The summed E-state index contributed by atoms with van der Waals surface area (Å²) in [6, 6.07) is -0.511. The van der Waals surface area contributed by atoms with E-state index < -0.39 is 17.3 Å². The van der Waals surface area contributed by atoms with Gasteiger partial charge in [-0.2, -0.15) is 0 Å². The average Bonchev–Trinajstić information content (AvgIpc) is 2.92. The van der Waals surface area contributed by atoms with Gasteiger partial charge >= 0.3 is 5.69 Å². The molecule has 138 valence electrons. The number of hydrogen-bond donors (Lipinski definition) is 2. The molecule has 0 fully saturated rings. The molecular weight excluding hydrogens is 322 g/mol. The van der Waals surface area contributed by atoms with Gasteiger partial charge in [0.15, 0.2) is 22.8 Å². The lowest BCUT2D eigenvalue weighted by Crippen LogP contribution is -3.10. The first-order chi connectivity index (χ1) is 11.8. The third kappa shape index (κ3) is 3.73. The van der Waals surface area contributed by atoms with E-state index in [2.05, 4.69) is 23.8 Å². The van der Waals surface area contributed by atoms with Gasteiger partial charge in [-0.25, -0.2) is 9.78 Å². The lowest BCUT2D eigenvalue weighted by atomic mass is 10.2. The number of carbonyl (C=O) groups excluding carboxylic acids is 1. The Morgan fingerprint density at radius 3 is 2.36 bits per heavy atom. The van der Waals surface area contributed by atoms with Crippen molar-refractivity contribution in [3.63, 3.8) is 0 Å². The Bertz CT molecular complexity index is 871. The second kappa shape index (κ2) is 7.77. The van der Waals surface area contributed by atoms with E-state index in [-0.39, 0.29) is 11.3 Å². The number of imidazole rings is 1. The van der Waals surface area contributed by atoms with Crippen LogP contribution in [0.1, 0.15) is 52.4 Å². The van der Waals surface area contributed by atoms with Crippen molar-refractivity contribution in [1.29, 1.82) is 0 Å². The molecule has 8 nitrogen and oxygen atoms in total. The molecule has 0 radical (unpaired) electrons. The maximum Gasteiger partial charge on any atom is 0.329 e. The predicted molar refractivity (Wildman–Crippen MR) is 96.0 cm³/mol. The monoisotopic (exact) mass is 350 g/mol. The number of hydrogen-bond acceptors (Lipinski definition) is 4. The van der Waals surface area contributed by atoms with Crippen LogP contribution >= 0.6 is 0 Å². The number of rotatable bonds is 8. The number of H-pyrrole nitrogens is 1. The molecule has 2 aromatic rings. The summed E-state index contributed by atoms with van der Waals surface area (Å²) in [4.78, 5) is 44.5. The van der Waals surface area contributed by atoms with Gasteiger partial charge < -0.3 is 9.47 Å². The molecule has 0 saturated heterocycles. The summed E-state index contributed by atoms with van der Waals surface area (Å²) in [5.74, 6) is 0.614. The van der Waals surface area contributed by atoms with E-state index >= 15 is 0 Å². The third-order valence-electron chi connectivity index (χ3n) is 4.61. The molecule has 0 aliphatic carbocycles. The van der Waals surface area contributed by atoms with Crippen molar-refractivity contribution in [2.24, 2.45) is 7.05 Å². The molecule has 0 aliphatic rings. The van der Waals surface area contributed by atoms with Crippen LogP contribution in [0.15, 0.2) is 9.59 Å². The highest BCUT2D eigenvalue weighted by atomic mass is 16.2. The van der Waals surface area contributed by atoms with Crippen LogP contribution < -0.4 is 16.1 Å². The average molecular weight is 350 g/mol. The lowest BCUT2D eigenvalue weighted by Gasteiger charge is -2.20. The number of aromatic nitrogens is 4. The second-order valence-corrected chi connectivity index (χ2v) is 6.60. The van der Waals surface area contributed by atoms with Gasteiger partial charge in [-0.05, 0) is 26.7 Å². The first-order valence-corrected chi connectivity index (χ1v) is 8.85. The molecule has 2 rings (SSSR count). The SMILES string of the molecule is CCC[NH+](CCC)Cc1nc2c(c(=O)[nH]c(=O)n2C)n1[C@@H](C)C(C)=O. The topological polar surface area (TPSA) is 94.2 Å². The lowest BCUT2D eigenvalue weighted by molar-refractivity contribution is -0.914. The molecular formula is C17H28N5O3+. The minimum absolute atomic E-state index is 0.0543. The van der Waals surface area contributed by atoms with E-state index in [9.17, 15) is 14.4 Å². The van der Waals surface area contributed by atoms with E-state index in [0.717, 1.165) is 25.9 Å². The molecule has 1 atom stereocenters. The zero-order valence-electron chi connectivity index (χ0n) is 15.7. The number of fused-ring (bicyclic) bond motifs is 1. The highest BCUT2D eigenvalue weighted by Crippen LogP contribution is 2.17. The molecule has 0 bridgehead atoms. The van der Waals surface area contributed by atoms with Crippen LogP contribution in [0.2, 0.25) is 0 Å². The summed E-state index contributed by atoms with van der Waals surface area (Å²) in [5, 5.41) is 0. The first kappa shape index (κ1) is 19.1. The van der Waals surface area contributed by atoms with Gasteiger partial charge in [0.05, 0.1) is 19.1 Å². The third-order valence-corrected chi connectivity index (χ3v) is 4.61. The van der Waals surface area contributed by atoms with Crippen molar-refractivity contribution in [2.45, 2.75) is 53.1 Å². The van der Waals surface area contributed by atoms with Crippen LogP contribution in [0.4, 0.5) is 0 Å². The number of Topliss-reactive ketones (excluding diaryl/α,β-unsaturated/α-hetero) is 1. The van der Waals surface area contributed by atoms with Crippen LogP contribution in [0.3, 0.4) is 0 Å². The van der Waals surface area contributed by atoms with Gasteiger partial charge in [-0.1, -0.05) is 13.8 Å². The minimum atomic E-state index is -0.511. The molecule has 25 heavy (non-hydrogen) atoms. The molecule has 0 spiro atoms. The fourth-order valence-electron chi connectivity index (χ4n) is 3.20. The number of quaternary nitrogens is 1. The molecule has 0 amide bonds. The Kier molecular flexibility index (Phi) is 5.94. The summed E-state index contributed by atoms with van der Waals surface area (Å²) < 4.78 is 3.02. The highest BCUT2D eigenvalue weighted by molar-refractivity contribution is 5.82. The summed E-state index contributed by atoms with van der Waals surface area (Å²) in [7, 11) is 1.57. The number of aryl methyl sites for hydroxylation is 1. The maximum absolute atomic E-state index is 12.4. The van der Waals surface area contributed by atoms with Crippen LogP contribution in [0.5, 0.6) is 0 Å². The Labute approximate surface area is 146 Å². The zero-order valence-corrected chi connectivity index (χ0v) is 15.7. The molecule has 0 aliphatic heterocycles. The van der Waals surface area contributed by atoms with Crippen molar-refractivity contribution in [2.75, 3.05) is 13.1 Å². The Balaban J connectivity index is 2.69. The number of nitrogens with zero attached hydrogens (tertiary/aromatic N) is 3. The van der Waals surface area contributed by atoms with E-state index in [1.54, 1.807) is 18.5 Å². The summed E-state index contributed by atoms with van der Waals surface area (Å²) in [6.45, 7) is 10.1. The first-order valence-electron chi connectivity index (χ1n) is 8.85. The molecule has 0 saturated carbocycles. The van der Waals surface area contributed by atoms with Crippen molar-refractivity contribution in [3.8, 4) is 0 Å². The van der Waals surface area contributed by atoms with Gasteiger partial charge in [0.2, 0.25) is 0 Å². The molecule has 0 unspecified atom stereocenters. The van der Waals surface area contributed by atoms with E-state index in [1.165, 1.54) is 16.4 Å². The fourth-order valence-corrected chi connectivity index (χ4v) is 3.20. The van der Waals surface area contributed by atoms with E-state index in [4.69, 9.17) is 0 Å². The van der Waals surface area contributed by atoms with Crippen LogP contribution in [0.25, 0.3) is 11.2 Å². The Hall–Kier alpha value is -2.22. The van der Waals surface area contributed by atoms with E-state index in [1.807, 2.05) is 0 Å². The molecule has 0 aromatic carbocycles. The summed E-state index contributed by atoms with van der Waals surface area (Å²) >= 11 is 0. The molecule has 2 aromatic heterocycles. The normalized spacial score (nSPS) is 12.9. The van der Waals surface area contributed by atoms with Gasteiger partial charge in [-0.3, -0.25) is 19.1 Å². The Morgan fingerprint density at radius 2 is 1.84 bits per heavy atom. The van der Waals surface area contributed by atoms with Gasteiger partial charge in [0, 0.05) is 7.05 Å². The number of carbonyl (C=O) groups is 1. The largest absolute Gasteiger partial charge is 0.329 e. The number of aromatic amines is 1. The maximum atomic E-state index is 12.4. The molecule has 2 heterocycles. The van der Waals surface area contributed by atoms with Crippen molar-refractivity contribution < 1.29 is 9.69 Å². The summed E-state index contributed by atoms with van der Waals surface area (Å²) in [6.07, 6.45) is 2.08. The smallest absolute Gasteiger partial charge is 0.329 e. The van der Waals surface area contributed by atoms with Crippen molar-refractivity contribution in [1.82, 2.24) is 19.1 Å². The standard InChI is InChI=1S/C17H27N5O3/c1-6-8-21(9-7-2)10-13-18-15-14(22(13)11(3)12(4)23)16(24)19-17(25)20(15)5/h11H,6-10H2,1-5H3,(H,19,24,25)/p+1/t11-/m0/s1. The minimum Gasteiger partial charge on any atom is -0.329 e. The number of nitrogens with one attached hydrogen (secondary N) is 2. The fraction of sp³-hybridized carbons (Fsp3) is 0.647. The highest BCUT2D eigenvalue weighted by Gasteiger charge is 2.25. The van der Waals surface area contributed by atoms with Gasteiger partial charge in [-0.15, -0.1) is 0 Å². The predicted octanol–water partition coefficient (Wildman–Crippen LogP) is -0.222. The van der Waals surface area contributed by atoms with Crippen molar-refractivity contribution in [3.05, 3.63) is 26.7 Å². The van der Waals surface area contributed by atoms with Crippen molar-refractivity contribution >= 4 is 16.9 Å².